The van der Waals surface area contributed by atoms with E-state index in [4.69, 9.17) is 10.8 Å². The highest BCUT2D eigenvalue weighted by Gasteiger charge is 2.07. The van der Waals surface area contributed by atoms with E-state index in [1.165, 1.54) is 6.08 Å². The van der Waals surface area contributed by atoms with E-state index in [-0.39, 0.29) is 6.04 Å². The van der Waals surface area contributed by atoms with Crippen LogP contribution in [0.4, 0.5) is 0 Å². The van der Waals surface area contributed by atoms with Gasteiger partial charge in [-0.2, -0.15) is 0 Å². The van der Waals surface area contributed by atoms with Gasteiger partial charge in [0.05, 0.1) is 6.10 Å². The summed E-state index contributed by atoms with van der Waals surface area (Å²) in [5.74, 6) is 0. The molecule has 0 aliphatic heterocycles. The van der Waals surface area contributed by atoms with Crippen LogP contribution in [-0.2, 0) is 0 Å². The minimum atomic E-state index is -0.537. The van der Waals surface area contributed by atoms with Crippen molar-refractivity contribution >= 4 is 0 Å². The van der Waals surface area contributed by atoms with Gasteiger partial charge in [-0.05, 0) is 6.42 Å². The molecule has 54 valence electrons. The van der Waals surface area contributed by atoms with Crippen LogP contribution in [0.15, 0.2) is 12.7 Å². The standard InChI is InChI=1S/C7H15NO/c1-3-5-6(8)7(9)4-2/h4,6-7,9H,2-3,5,8H2,1H3/t6-,7+/m1/s1. The smallest absolute Gasteiger partial charge is 0.0869 e. The first-order valence-corrected chi connectivity index (χ1v) is 3.28. The fourth-order valence-corrected chi connectivity index (χ4v) is 0.679. The predicted octanol–water partition coefficient (Wildman–Crippen LogP) is 0.661. The van der Waals surface area contributed by atoms with Crippen LogP contribution in [0.2, 0.25) is 0 Å². The van der Waals surface area contributed by atoms with E-state index >= 15 is 0 Å². The number of hydrogen-bond acceptors (Lipinski definition) is 2. The van der Waals surface area contributed by atoms with Gasteiger partial charge in [0, 0.05) is 6.04 Å². The van der Waals surface area contributed by atoms with Crippen molar-refractivity contribution in [1.82, 2.24) is 0 Å². The predicted molar refractivity (Wildman–Crippen MR) is 39.1 cm³/mol. The monoisotopic (exact) mass is 129 g/mol. The lowest BCUT2D eigenvalue weighted by atomic mass is 10.1. The second-order valence-corrected chi connectivity index (χ2v) is 2.18. The third-order valence-corrected chi connectivity index (χ3v) is 1.30. The third-order valence-electron chi connectivity index (χ3n) is 1.30. The lowest BCUT2D eigenvalue weighted by molar-refractivity contribution is 0.186. The van der Waals surface area contributed by atoms with E-state index in [2.05, 4.69) is 6.58 Å². The molecule has 0 radical (unpaired) electrons. The van der Waals surface area contributed by atoms with Gasteiger partial charge >= 0.3 is 0 Å². The van der Waals surface area contributed by atoms with E-state index < -0.39 is 6.10 Å². The summed E-state index contributed by atoms with van der Waals surface area (Å²) in [5, 5.41) is 9.01. The maximum atomic E-state index is 9.01. The molecule has 0 aromatic heterocycles. The normalized spacial score (nSPS) is 16.8. The van der Waals surface area contributed by atoms with Crippen LogP contribution in [0.3, 0.4) is 0 Å². The first kappa shape index (κ1) is 8.66. The Morgan fingerprint density at radius 2 is 2.33 bits per heavy atom. The molecule has 0 aliphatic rings. The summed E-state index contributed by atoms with van der Waals surface area (Å²) in [6.07, 6.45) is 2.80. The molecule has 0 bridgehead atoms. The summed E-state index contributed by atoms with van der Waals surface area (Å²) >= 11 is 0. The van der Waals surface area contributed by atoms with Gasteiger partial charge in [0.15, 0.2) is 0 Å². The molecule has 0 heterocycles. The average molecular weight is 129 g/mol. The van der Waals surface area contributed by atoms with Gasteiger partial charge in [0.1, 0.15) is 0 Å². The van der Waals surface area contributed by atoms with Crippen molar-refractivity contribution in [3.63, 3.8) is 0 Å². The topological polar surface area (TPSA) is 46.2 Å². The maximum absolute atomic E-state index is 9.01. The largest absolute Gasteiger partial charge is 0.387 e. The molecule has 0 aliphatic carbocycles. The Kier molecular flexibility index (Phi) is 4.36. The van der Waals surface area contributed by atoms with Crippen molar-refractivity contribution in [3.8, 4) is 0 Å². The second kappa shape index (κ2) is 4.53. The number of aliphatic hydroxyl groups is 1. The number of hydrogen-bond donors (Lipinski definition) is 2. The molecule has 0 saturated heterocycles. The van der Waals surface area contributed by atoms with Crippen LogP contribution in [-0.4, -0.2) is 17.3 Å². The molecule has 0 amide bonds. The highest BCUT2D eigenvalue weighted by molar-refractivity contribution is 4.86. The van der Waals surface area contributed by atoms with Gasteiger partial charge in [-0.15, -0.1) is 6.58 Å². The Labute approximate surface area is 56.4 Å². The molecule has 0 aromatic carbocycles. The highest BCUT2D eigenvalue weighted by atomic mass is 16.3. The molecule has 9 heavy (non-hydrogen) atoms. The summed E-state index contributed by atoms with van der Waals surface area (Å²) in [5.41, 5.74) is 5.52. The molecular formula is C7H15NO. The fraction of sp³-hybridized carbons (Fsp3) is 0.714. The molecule has 3 N–H and O–H groups in total. The van der Waals surface area contributed by atoms with Gasteiger partial charge in [-0.3, -0.25) is 0 Å². The van der Waals surface area contributed by atoms with Crippen molar-refractivity contribution in [2.24, 2.45) is 5.73 Å². The number of rotatable bonds is 4. The van der Waals surface area contributed by atoms with Crippen molar-refractivity contribution in [3.05, 3.63) is 12.7 Å². The van der Waals surface area contributed by atoms with Gasteiger partial charge in [0.25, 0.3) is 0 Å². The summed E-state index contributed by atoms with van der Waals surface area (Å²) in [6, 6.07) is -0.132. The van der Waals surface area contributed by atoms with Crippen molar-refractivity contribution in [2.75, 3.05) is 0 Å². The van der Waals surface area contributed by atoms with Crippen molar-refractivity contribution < 1.29 is 5.11 Å². The van der Waals surface area contributed by atoms with E-state index in [9.17, 15) is 0 Å². The van der Waals surface area contributed by atoms with Gasteiger partial charge in [0.2, 0.25) is 0 Å². The molecule has 0 rings (SSSR count). The Balaban J connectivity index is 3.44. The zero-order valence-electron chi connectivity index (χ0n) is 5.88. The maximum Gasteiger partial charge on any atom is 0.0869 e. The zero-order valence-corrected chi connectivity index (χ0v) is 5.88. The van der Waals surface area contributed by atoms with Gasteiger partial charge in [-0.1, -0.05) is 19.4 Å². The van der Waals surface area contributed by atoms with Crippen LogP contribution in [0, 0.1) is 0 Å². The zero-order chi connectivity index (χ0) is 7.28. The third kappa shape index (κ3) is 3.27. The highest BCUT2D eigenvalue weighted by Crippen LogP contribution is 1.98. The van der Waals surface area contributed by atoms with Crippen LogP contribution >= 0.6 is 0 Å². The summed E-state index contributed by atoms with van der Waals surface area (Å²) < 4.78 is 0. The second-order valence-electron chi connectivity index (χ2n) is 2.18. The number of nitrogens with two attached hydrogens (primary N) is 1. The molecule has 0 fully saturated rings. The molecule has 0 aromatic rings. The SMILES string of the molecule is C=C[C@H](O)[C@H](N)CCC. The molecule has 0 spiro atoms. The minimum Gasteiger partial charge on any atom is -0.387 e. The minimum absolute atomic E-state index is 0.132. The quantitative estimate of drug-likeness (QED) is 0.548. The Bertz CT molecular complexity index is 83.0. The molecular weight excluding hydrogens is 114 g/mol. The molecule has 2 atom stereocenters. The first-order chi connectivity index (χ1) is 4.22. The lowest BCUT2D eigenvalue weighted by Gasteiger charge is -2.12. The summed E-state index contributed by atoms with van der Waals surface area (Å²) in [6.45, 7) is 5.47. The van der Waals surface area contributed by atoms with E-state index in [1.54, 1.807) is 0 Å². The molecule has 2 nitrogen and oxygen atoms in total. The van der Waals surface area contributed by atoms with Crippen LogP contribution in [0.5, 0.6) is 0 Å². The van der Waals surface area contributed by atoms with Crippen molar-refractivity contribution in [2.45, 2.75) is 31.9 Å². The Morgan fingerprint density at radius 3 is 2.67 bits per heavy atom. The van der Waals surface area contributed by atoms with Crippen molar-refractivity contribution in [1.29, 1.82) is 0 Å². The van der Waals surface area contributed by atoms with Gasteiger partial charge < -0.3 is 10.8 Å². The van der Waals surface area contributed by atoms with Crippen LogP contribution in [0.1, 0.15) is 19.8 Å². The fourth-order valence-electron chi connectivity index (χ4n) is 0.679. The first-order valence-electron chi connectivity index (χ1n) is 3.28. The Morgan fingerprint density at radius 1 is 1.78 bits per heavy atom. The Hall–Kier alpha value is -0.340. The van der Waals surface area contributed by atoms with Crippen LogP contribution < -0.4 is 5.73 Å². The van der Waals surface area contributed by atoms with Crippen LogP contribution in [0.25, 0.3) is 0 Å². The van der Waals surface area contributed by atoms with E-state index in [1.807, 2.05) is 6.92 Å². The van der Waals surface area contributed by atoms with E-state index in [0.29, 0.717) is 0 Å². The molecule has 2 heteroatoms. The summed E-state index contributed by atoms with van der Waals surface area (Å²) in [4.78, 5) is 0. The lowest BCUT2D eigenvalue weighted by Crippen LogP contribution is -2.32. The average Bonchev–Trinajstić information content (AvgIpc) is 1.87. The molecule has 0 unspecified atom stereocenters. The van der Waals surface area contributed by atoms with E-state index in [0.717, 1.165) is 12.8 Å². The number of aliphatic hydroxyl groups excluding tert-OH is 1. The summed E-state index contributed by atoms with van der Waals surface area (Å²) in [7, 11) is 0. The van der Waals surface area contributed by atoms with Gasteiger partial charge in [-0.25, -0.2) is 0 Å². The molecule has 0 saturated carbocycles.